The van der Waals surface area contributed by atoms with Crippen LogP contribution in [-0.4, -0.2) is 73.5 Å². The highest BCUT2D eigenvalue weighted by Crippen LogP contribution is 2.17. The molecule has 1 saturated heterocycles. The van der Waals surface area contributed by atoms with E-state index in [4.69, 9.17) is 15.6 Å². The fraction of sp³-hybridized carbons (Fsp3) is 0.789. The monoisotopic (exact) mass is 401 g/mol. The van der Waals surface area contributed by atoms with E-state index < -0.39 is 12.0 Å². The van der Waals surface area contributed by atoms with Crippen molar-refractivity contribution in [1.29, 1.82) is 0 Å². The normalized spacial score (nSPS) is 15.7. The van der Waals surface area contributed by atoms with Gasteiger partial charge in [0.15, 0.2) is 0 Å². The molecule has 28 heavy (non-hydrogen) atoms. The number of nitrogens with zero attached hydrogens (tertiary/aromatic N) is 1. The highest BCUT2D eigenvalue weighted by Gasteiger charge is 2.23. The van der Waals surface area contributed by atoms with E-state index in [1.807, 2.05) is 6.92 Å². The number of esters is 1. The number of piperidine rings is 1. The summed E-state index contributed by atoms with van der Waals surface area (Å²) in [5, 5.41) is 10.9. The first-order valence-corrected chi connectivity index (χ1v) is 9.84. The van der Waals surface area contributed by atoms with Gasteiger partial charge in [-0.05, 0) is 59.2 Å². The maximum absolute atomic E-state index is 11.3. The summed E-state index contributed by atoms with van der Waals surface area (Å²) in [6.07, 6.45) is 4.56. The number of rotatable bonds is 11. The smallest absolute Gasteiger partial charge is 0.309 e. The Hall–Kier alpha value is -2.00. The second-order valence-corrected chi connectivity index (χ2v) is 6.87. The third kappa shape index (κ3) is 14.1. The second kappa shape index (κ2) is 16.0. The van der Waals surface area contributed by atoms with Crippen molar-refractivity contribution >= 4 is 24.1 Å². The van der Waals surface area contributed by atoms with Gasteiger partial charge in [-0.15, -0.1) is 0 Å². The summed E-state index contributed by atoms with van der Waals surface area (Å²) in [5.41, 5.74) is 5.38. The molecular formula is C19H35N3O6. The first-order valence-electron chi connectivity index (χ1n) is 9.84. The molecule has 0 spiro atoms. The molecule has 1 amide bonds. The third-order valence-electron chi connectivity index (χ3n) is 4.37. The molecule has 9 nitrogen and oxygen atoms in total. The molecule has 1 fully saturated rings. The van der Waals surface area contributed by atoms with E-state index in [9.17, 15) is 19.2 Å². The lowest BCUT2D eigenvalue weighted by Gasteiger charge is -2.27. The van der Waals surface area contributed by atoms with Crippen LogP contribution in [0.1, 0.15) is 51.9 Å². The summed E-state index contributed by atoms with van der Waals surface area (Å²) < 4.78 is 4.96. The summed E-state index contributed by atoms with van der Waals surface area (Å²) >= 11 is 0. The van der Waals surface area contributed by atoms with Crippen LogP contribution in [0.5, 0.6) is 0 Å². The Morgan fingerprint density at radius 2 is 1.89 bits per heavy atom. The number of nitrogens with one attached hydrogen (secondary N) is 1. The topological polar surface area (TPSA) is 139 Å². The number of unbranched alkanes of at least 4 members (excludes halogenated alkanes) is 1. The van der Waals surface area contributed by atoms with Gasteiger partial charge in [0.2, 0.25) is 5.91 Å². The fourth-order valence-electron chi connectivity index (χ4n) is 2.61. The van der Waals surface area contributed by atoms with Crippen LogP contribution in [0.2, 0.25) is 0 Å². The Labute approximate surface area is 167 Å². The van der Waals surface area contributed by atoms with Gasteiger partial charge in [-0.1, -0.05) is 0 Å². The zero-order valence-electron chi connectivity index (χ0n) is 17.0. The van der Waals surface area contributed by atoms with Crippen LogP contribution >= 0.6 is 0 Å². The standard InChI is InChI=1S/C10H18N2O4.C9H17NO2/c11-8(7-13)3-1-2-6-12-9(14)4-5-10(15)16;1-3-12-9(11)8-4-6-10(2)7-5-8/h7-8H,1-6,11H2,(H,12,14)(H,15,16);8H,3-7H2,1-2H3. The van der Waals surface area contributed by atoms with Crippen LogP contribution in [0.25, 0.3) is 0 Å². The molecule has 0 radical (unpaired) electrons. The van der Waals surface area contributed by atoms with Crippen molar-refractivity contribution in [3.8, 4) is 0 Å². The van der Waals surface area contributed by atoms with Crippen LogP contribution in [0.3, 0.4) is 0 Å². The van der Waals surface area contributed by atoms with Gasteiger partial charge >= 0.3 is 11.9 Å². The van der Waals surface area contributed by atoms with Crippen molar-refractivity contribution in [3.05, 3.63) is 0 Å². The largest absolute Gasteiger partial charge is 0.481 e. The van der Waals surface area contributed by atoms with E-state index in [1.165, 1.54) is 0 Å². The lowest BCUT2D eigenvalue weighted by molar-refractivity contribution is -0.149. The zero-order valence-corrected chi connectivity index (χ0v) is 17.0. The zero-order chi connectivity index (χ0) is 21.4. The molecule has 1 aliphatic heterocycles. The van der Waals surface area contributed by atoms with Gasteiger partial charge in [0.05, 0.1) is 25.0 Å². The SMILES string of the molecule is CCOC(=O)C1CCN(C)CC1.NC(C=O)CCCCNC(=O)CCC(=O)O. The summed E-state index contributed by atoms with van der Waals surface area (Å²) in [5.74, 6) is -1.10. The van der Waals surface area contributed by atoms with Crippen LogP contribution < -0.4 is 11.1 Å². The van der Waals surface area contributed by atoms with E-state index in [-0.39, 0.29) is 30.6 Å². The van der Waals surface area contributed by atoms with Crippen LogP contribution in [0.4, 0.5) is 0 Å². The lowest BCUT2D eigenvalue weighted by atomic mass is 9.97. The van der Waals surface area contributed by atoms with Gasteiger partial charge in [-0.2, -0.15) is 0 Å². The van der Waals surface area contributed by atoms with Crippen molar-refractivity contribution in [1.82, 2.24) is 10.2 Å². The number of nitrogens with two attached hydrogens (primary N) is 1. The van der Waals surface area contributed by atoms with Gasteiger partial charge < -0.3 is 30.6 Å². The van der Waals surface area contributed by atoms with E-state index in [0.29, 0.717) is 25.9 Å². The number of aliphatic carboxylic acids is 1. The number of carboxylic acid groups (broad SMARTS) is 1. The predicted molar refractivity (Wildman–Crippen MR) is 105 cm³/mol. The molecule has 1 rings (SSSR count). The molecule has 0 bridgehead atoms. The molecule has 0 aromatic heterocycles. The average Bonchev–Trinajstić information content (AvgIpc) is 2.67. The highest BCUT2D eigenvalue weighted by molar-refractivity contribution is 5.80. The molecule has 1 atom stereocenters. The van der Waals surface area contributed by atoms with Gasteiger partial charge in [0.25, 0.3) is 0 Å². The Kier molecular flexibility index (Phi) is 14.9. The third-order valence-corrected chi connectivity index (χ3v) is 4.37. The van der Waals surface area contributed by atoms with E-state index >= 15 is 0 Å². The first-order chi connectivity index (χ1) is 13.3. The Bertz CT molecular complexity index is 478. The number of aldehydes is 1. The molecule has 1 unspecified atom stereocenters. The van der Waals surface area contributed by atoms with Crippen molar-refractivity contribution < 1.29 is 29.0 Å². The van der Waals surface area contributed by atoms with Crippen LogP contribution in [0.15, 0.2) is 0 Å². The van der Waals surface area contributed by atoms with Crippen LogP contribution in [0, 0.1) is 5.92 Å². The molecule has 9 heteroatoms. The summed E-state index contributed by atoms with van der Waals surface area (Å²) in [7, 11) is 2.08. The molecule has 1 heterocycles. The summed E-state index contributed by atoms with van der Waals surface area (Å²) in [4.78, 5) is 44.9. The van der Waals surface area contributed by atoms with Crippen LogP contribution in [-0.2, 0) is 23.9 Å². The number of carbonyl (C=O) groups is 4. The Morgan fingerprint density at radius 1 is 1.25 bits per heavy atom. The Balaban J connectivity index is 0.000000540. The van der Waals surface area contributed by atoms with Gasteiger partial charge in [0.1, 0.15) is 6.29 Å². The summed E-state index contributed by atoms with van der Waals surface area (Å²) in [6.45, 7) is 4.88. The second-order valence-electron chi connectivity index (χ2n) is 6.87. The molecule has 1 aliphatic rings. The van der Waals surface area contributed by atoms with Crippen molar-refractivity contribution in [3.63, 3.8) is 0 Å². The minimum absolute atomic E-state index is 0.00316. The van der Waals surface area contributed by atoms with E-state index in [0.717, 1.165) is 38.8 Å². The van der Waals surface area contributed by atoms with Gasteiger partial charge in [-0.3, -0.25) is 14.4 Å². The number of hydrogen-bond acceptors (Lipinski definition) is 7. The number of hydrogen-bond donors (Lipinski definition) is 3. The van der Waals surface area contributed by atoms with Crippen molar-refractivity contribution in [2.24, 2.45) is 11.7 Å². The maximum atomic E-state index is 11.3. The average molecular weight is 402 g/mol. The van der Waals surface area contributed by atoms with E-state index in [2.05, 4.69) is 17.3 Å². The predicted octanol–water partition coefficient (Wildman–Crippen LogP) is 0.555. The molecular weight excluding hydrogens is 366 g/mol. The van der Waals surface area contributed by atoms with E-state index in [1.54, 1.807) is 0 Å². The molecule has 0 aromatic rings. The number of ether oxygens (including phenoxy) is 1. The highest BCUT2D eigenvalue weighted by atomic mass is 16.5. The number of carboxylic acids is 1. The Morgan fingerprint density at radius 3 is 2.43 bits per heavy atom. The quantitative estimate of drug-likeness (QED) is 0.259. The molecule has 0 saturated carbocycles. The molecule has 0 aliphatic carbocycles. The molecule has 4 N–H and O–H groups in total. The maximum Gasteiger partial charge on any atom is 0.309 e. The molecule has 162 valence electrons. The number of carbonyl (C=O) groups excluding carboxylic acids is 3. The first kappa shape index (κ1) is 26.0. The fourth-order valence-corrected chi connectivity index (χ4v) is 2.61. The number of amides is 1. The van der Waals surface area contributed by atoms with Gasteiger partial charge in [-0.25, -0.2) is 0 Å². The minimum Gasteiger partial charge on any atom is -0.481 e. The summed E-state index contributed by atoms with van der Waals surface area (Å²) in [6, 6.07) is -0.428. The van der Waals surface area contributed by atoms with Crippen molar-refractivity contribution in [2.75, 3.05) is 33.3 Å². The van der Waals surface area contributed by atoms with Crippen molar-refractivity contribution in [2.45, 2.75) is 57.9 Å². The number of likely N-dealkylation sites (tertiary alicyclic amines) is 1. The van der Waals surface area contributed by atoms with Gasteiger partial charge in [0, 0.05) is 13.0 Å². The minimum atomic E-state index is -0.980. The lowest BCUT2D eigenvalue weighted by Crippen LogP contribution is -2.34. The molecule has 0 aromatic carbocycles.